The van der Waals surface area contributed by atoms with Gasteiger partial charge in [0, 0.05) is 35.9 Å². The van der Waals surface area contributed by atoms with E-state index in [0.29, 0.717) is 16.5 Å². The highest BCUT2D eigenvalue weighted by Gasteiger charge is 2.00. The van der Waals surface area contributed by atoms with Crippen LogP contribution in [0.4, 0.5) is 0 Å². The maximum Gasteiger partial charge on any atom is 0.174 e. The molecule has 0 bridgehead atoms. The van der Waals surface area contributed by atoms with Gasteiger partial charge < -0.3 is 0 Å². The standard InChI is InChI=1S/C7H6BrNO.C7H7NO.BrH/c8-4-7(10)6-2-1-3-9-5-6;1-6(9)7-3-2-4-8-5-7;/h1-3,5H,4H2;2-5H,1H3;1H. The third kappa shape index (κ3) is 6.68. The van der Waals surface area contributed by atoms with Gasteiger partial charge in [-0.25, -0.2) is 0 Å². The molecule has 0 aliphatic rings. The van der Waals surface area contributed by atoms with Gasteiger partial charge in [0.1, 0.15) is 0 Å². The molecule has 0 amide bonds. The van der Waals surface area contributed by atoms with Crippen LogP contribution in [0.15, 0.2) is 49.1 Å². The number of alkyl halides is 1. The predicted octanol–water partition coefficient (Wildman–Crippen LogP) is 3.52. The van der Waals surface area contributed by atoms with E-state index in [4.69, 9.17) is 0 Å². The van der Waals surface area contributed by atoms with Gasteiger partial charge in [-0.1, -0.05) is 15.9 Å². The molecule has 4 nitrogen and oxygen atoms in total. The van der Waals surface area contributed by atoms with Crippen molar-refractivity contribution < 1.29 is 9.59 Å². The van der Waals surface area contributed by atoms with Crippen molar-refractivity contribution in [3.63, 3.8) is 0 Å². The van der Waals surface area contributed by atoms with Crippen LogP contribution in [0.2, 0.25) is 0 Å². The van der Waals surface area contributed by atoms with Gasteiger partial charge in [0.05, 0.1) is 5.33 Å². The van der Waals surface area contributed by atoms with Crippen molar-refractivity contribution in [2.75, 3.05) is 5.33 Å². The molecule has 0 radical (unpaired) electrons. The number of nitrogens with zero attached hydrogens (tertiary/aromatic N) is 2. The Labute approximate surface area is 136 Å². The van der Waals surface area contributed by atoms with Gasteiger partial charge in [-0.15, -0.1) is 17.0 Å². The zero-order valence-corrected chi connectivity index (χ0v) is 14.1. The normalized spacial score (nSPS) is 8.70. The zero-order valence-electron chi connectivity index (χ0n) is 10.8. The quantitative estimate of drug-likeness (QED) is 0.583. The van der Waals surface area contributed by atoms with E-state index >= 15 is 0 Å². The summed E-state index contributed by atoms with van der Waals surface area (Å²) in [7, 11) is 0. The molecule has 0 saturated heterocycles. The Hall–Kier alpha value is -1.40. The lowest BCUT2D eigenvalue weighted by molar-refractivity contribution is 0.101. The number of hydrogen-bond donors (Lipinski definition) is 0. The lowest BCUT2D eigenvalue weighted by Crippen LogP contribution is -1.99. The first-order chi connectivity index (χ1) is 9.15. The van der Waals surface area contributed by atoms with Crippen molar-refractivity contribution in [3.8, 4) is 0 Å². The summed E-state index contributed by atoms with van der Waals surface area (Å²) >= 11 is 3.07. The minimum absolute atomic E-state index is 0. The summed E-state index contributed by atoms with van der Waals surface area (Å²) < 4.78 is 0. The molecule has 0 saturated carbocycles. The van der Waals surface area contributed by atoms with Gasteiger partial charge in [0.2, 0.25) is 0 Å². The van der Waals surface area contributed by atoms with Crippen molar-refractivity contribution in [1.82, 2.24) is 9.97 Å². The summed E-state index contributed by atoms with van der Waals surface area (Å²) in [4.78, 5) is 29.1. The second kappa shape index (κ2) is 10.4. The number of carbonyl (C=O) groups is 2. The van der Waals surface area contributed by atoms with Gasteiger partial charge in [-0.3, -0.25) is 19.6 Å². The average Bonchev–Trinajstić information content (AvgIpc) is 2.49. The van der Waals surface area contributed by atoms with Crippen LogP contribution in [0, 0.1) is 0 Å². The van der Waals surface area contributed by atoms with Crippen LogP contribution in [0.1, 0.15) is 27.6 Å². The third-order valence-electron chi connectivity index (χ3n) is 2.17. The Morgan fingerprint density at radius 1 is 1.05 bits per heavy atom. The van der Waals surface area contributed by atoms with Crippen LogP contribution in [0.3, 0.4) is 0 Å². The van der Waals surface area contributed by atoms with Crippen LogP contribution in [0.25, 0.3) is 0 Å². The topological polar surface area (TPSA) is 59.9 Å². The Balaban J connectivity index is 0.000000345. The van der Waals surface area contributed by atoms with E-state index in [1.165, 1.54) is 6.92 Å². The Kier molecular flexibility index (Phi) is 9.67. The number of ketones is 2. The first kappa shape index (κ1) is 18.6. The smallest absolute Gasteiger partial charge is 0.174 e. The number of halogens is 2. The molecule has 2 heterocycles. The molecular weight excluding hydrogens is 388 g/mol. The summed E-state index contributed by atoms with van der Waals surface area (Å²) in [6.45, 7) is 1.52. The lowest BCUT2D eigenvalue weighted by atomic mass is 10.2. The van der Waals surface area contributed by atoms with Gasteiger partial charge in [-0.05, 0) is 31.2 Å². The first-order valence-corrected chi connectivity index (χ1v) is 6.67. The number of carbonyl (C=O) groups excluding carboxylic acids is 2. The van der Waals surface area contributed by atoms with E-state index < -0.39 is 0 Å². The second-order valence-corrected chi connectivity index (χ2v) is 4.16. The van der Waals surface area contributed by atoms with E-state index in [0.717, 1.165) is 0 Å². The number of hydrogen-bond acceptors (Lipinski definition) is 4. The highest BCUT2D eigenvalue weighted by Crippen LogP contribution is 1.99. The summed E-state index contributed by atoms with van der Waals surface area (Å²) in [5.74, 6) is 0.121. The van der Waals surface area contributed by atoms with Crippen molar-refractivity contribution in [2.24, 2.45) is 0 Å². The fraction of sp³-hybridized carbons (Fsp3) is 0.143. The average molecular weight is 402 g/mol. The summed E-state index contributed by atoms with van der Waals surface area (Å²) in [6, 6.07) is 6.98. The summed E-state index contributed by atoms with van der Waals surface area (Å²) in [6.07, 6.45) is 6.41. The van der Waals surface area contributed by atoms with Crippen LogP contribution in [-0.2, 0) is 0 Å². The molecule has 2 aromatic rings. The highest BCUT2D eigenvalue weighted by molar-refractivity contribution is 9.09. The van der Waals surface area contributed by atoms with Crippen molar-refractivity contribution in [2.45, 2.75) is 6.92 Å². The molecule has 0 aliphatic carbocycles. The molecule has 0 aliphatic heterocycles. The van der Waals surface area contributed by atoms with Gasteiger partial charge in [-0.2, -0.15) is 0 Å². The molecule has 0 fully saturated rings. The van der Waals surface area contributed by atoms with Gasteiger partial charge >= 0.3 is 0 Å². The zero-order chi connectivity index (χ0) is 14.1. The van der Waals surface area contributed by atoms with Crippen molar-refractivity contribution in [3.05, 3.63) is 60.2 Å². The fourth-order valence-electron chi connectivity index (χ4n) is 1.18. The molecule has 0 unspecified atom stereocenters. The first-order valence-electron chi connectivity index (χ1n) is 5.55. The maximum absolute atomic E-state index is 10.9. The van der Waals surface area contributed by atoms with Gasteiger partial charge in [0.25, 0.3) is 0 Å². The monoisotopic (exact) mass is 400 g/mol. The largest absolute Gasteiger partial charge is 0.294 e. The molecule has 0 aromatic carbocycles. The Bertz CT molecular complexity index is 533. The van der Waals surface area contributed by atoms with Gasteiger partial charge in [0.15, 0.2) is 11.6 Å². The minimum Gasteiger partial charge on any atom is -0.294 e. The predicted molar refractivity (Wildman–Crippen MR) is 86.9 cm³/mol. The minimum atomic E-state index is 0. The summed E-state index contributed by atoms with van der Waals surface area (Å²) in [5.41, 5.74) is 1.32. The molecular formula is C14H14Br2N2O2. The molecule has 2 rings (SSSR count). The molecule has 20 heavy (non-hydrogen) atoms. The van der Waals surface area contributed by atoms with E-state index in [-0.39, 0.29) is 28.5 Å². The van der Waals surface area contributed by atoms with E-state index in [1.54, 1.807) is 49.1 Å². The summed E-state index contributed by atoms with van der Waals surface area (Å²) in [5, 5.41) is 0.360. The van der Waals surface area contributed by atoms with E-state index in [9.17, 15) is 9.59 Å². The lowest BCUT2D eigenvalue weighted by Gasteiger charge is -1.92. The SMILES string of the molecule is Br.CC(=O)c1cccnc1.O=C(CBr)c1cccnc1. The fourth-order valence-corrected chi connectivity index (χ4v) is 1.50. The Morgan fingerprint density at radius 3 is 1.85 bits per heavy atom. The second-order valence-electron chi connectivity index (χ2n) is 3.60. The molecule has 0 N–H and O–H groups in total. The van der Waals surface area contributed by atoms with E-state index in [1.807, 2.05) is 0 Å². The highest BCUT2D eigenvalue weighted by atomic mass is 79.9. The van der Waals surface area contributed by atoms with Crippen molar-refractivity contribution >= 4 is 44.5 Å². The number of pyridine rings is 2. The molecule has 0 atom stereocenters. The molecule has 6 heteroatoms. The van der Waals surface area contributed by atoms with Crippen molar-refractivity contribution in [1.29, 1.82) is 0 Å². The van der Waals surface area contributed by atoms with E-state index in [2.05, 4.69) is 25.9 Å². The molecule has 0 spiro atoms. The van der Waals surface area contributed by atoms with Crippen LogP contribution < -0.4 is 0 Å². The number of rotatable bonds is 3. The number of aromatic nitrogens is 2. The maximum atomic E-state index is 10.9. The molecule has 106 valence electrons. The third-order valence-corrected chi connectivity index (χ3v) is 2.68. The van der Waals surface area contributed by atoms with Crippen LogP contribution >= 0.6 is 32.9 Å². The molecule has 2 aromatic heterocycles. The van der Waals surface area contributed by atoms with Crippen LogP contribution in [0.5, 0.6) is 0 Å². The Morgan fingerprint density at radius 2 is 1.55 bits per heavy atom. The number of Topliss-reactive ketones (excluding diaryl/α,β-unsaturated/α-hetero) is 2. The van der Waals surface area contributed by atoms with Crippen LogP contribution in [-0.4, -0.2) is 26.9 Å².